The molecule has 3 rings (SSSR count). The summed E-state index contributed by atoms with van der Waals surface area (Å²) in [5.41, 5.74) is 3.93. The highest BCUT2D eigenvalue weighted by Crippen LogP contribution is 2.27. The number of ether oxygens (including phenoxy) is 1. The van der Waals surface area contributed by atoms with Crippen molar-refractivity contribution in [1.82, 2.24) is 4.98 Å². The summed E-state index contributed by atoms with van der Waals surface area (Å²) in [6.07, 6.45) is 0. The zero-order chi connectivity index (χ0) is 18.7. The summed E-state index contributed by atoms with van der Waals surface area (Å²) in [5, 5.41) is 3.26. The Labute approximate surface area is 152 Å². The molecule has 0 amide bonds. The van der Waals surface area contributed by atoms with Gasteiger partial charge in [-0.2, -0.15) is 0 Å². The van der Waals surface area contributed by atoms with E-state index in [-0.39, 0.29) is 11.3 Å². The van der Waals surface area contributed by atoms with Crippen molar-refractivity contribution in [3.05, 3.63) is 82.7 Å². The third kappa shape index (κ3) is 3.24. The van der Waals surface area contributed by atoms with Gasteiger partial charge in [0, 0.05) is 28.3 Å². The highest BCUT2D eigenvalue weighted by atomic mass is 16.5. The van der Waals surface area contributed by atoms with Crippen LogP contribution in [0.1, 0.15) is 37.7 Å². The van der Waals surface area contributed by atoms with E-state index >= 15 is 0 Å². The highest BCUT2D eigenvalue weighted by molar-refractivity contribution is 6.18. The lowest BCUT2D eigenvalue weighted by Crippen LogP contribution is -2.12. The molecule has 0 saturated heterocycles. The molecule has 0 aliphatic heterocycles. The van der Waals surface area contributed by atoms with Crippen LogP contribution in [0.15, 0.2) is 54.6 Å². The molecular weight excluding hydrogens is 328 g/mol. The number of aromatic amines is 1. The minimum absolute atomic E-state index is 0.230. The summed E-state index contributed by atoms with van der Waals surface area (Å²) in [6, 6.07) is 16.9. The van der Waals surface area contributed by atoms with Crippen molar-refractivity contribution in [2.75, 3.05) is 12.4 Å². The molecule has 0 saturated carbocycles. The van der Waals surface area contributed by atoms with Crippen LogP contribution in [0.2, 0.25) is 0 Å². The van der Waals surface area contributed by atoms with E-state index in [9.17, 15) is 9.59 Å². The topological polar surface area (TPSA) is 71.2 Å². The maximum Gasteiger partial charge on any atom is 0.340 e. The Bertz CT molecular complexity index is 959. The number of ketones is 1. The van der Waals surface area contributed by atoms with E-state index in [0.29, 0.717) is 28.2 Å². The summed E-state index contributed by atoms with van der Waals surface area (Å²) in [5.74, 6) is -0.755. The number of esters is 1. The number of carbonyl (C=O) groups is 2. The van der Waals surface area contributed by atoms with Gasteiger partial charge in [0.25, 0.3) is 0 Å². The predicted molar refractivity (Wildman–Crippen MR) is 101 cm³/mol. The number of anilines is 2. The number of carbonyl (C=O) groups excluding carboxylic acids is 2. The smallest absolute Gasteiger partial charge is 0.340 e. The second-order valence-electron chi connectivity index (χ2n) is 5.98. The molecule has 0 fully saturated rings. The van der Waals surface area contributed by atoms with Crippen LogP contribution in [-0.4, -0.2) is 23.8 Å². The van der Waals surface area contributed by atoms with Gasteiger partial charge >= 0.3 is 5.97 Å². The first-order valence-electron chi connectivity index (χ1n) is 8.26. The van der Waals surface area contributed by atoms with Crippen LogP contribution in [0.5, 0.6) is 0 Å². The maximum atomic E-state index is 13.3. The van der Waals surface area contributed by atoms with Crippen molar-refractivity contribution < 1.29 is 14.3 Å². The molecule has 1 aromatic heterocycles. The molecule has 3 aromatic rings. The zero-order valence-electron chi connectivity index (χ0n) is 14.9. The van der Waals surface area contributed by atoms with Gasteiger partial charge in [-0.1, -0.05) is 30.3 Å². The van der Waals surface area contributed by atoms with Crippen LogP contribution in [-0.2, 0) is 4.74 Å². The Kier molecular flexibility index (Phi) is 4.89. The number of nitrogens with one attached hydrogen (secondary N) is 2. The number of H-pyrrole nitrogens is 1. The first-order valence-corrected chi connectivity index (χ1v) is 8.26. The molecule has 132 valence electrons. The van der Waals surface area contributed by atoms with Crippen LogP contribution in [0.25, 0.3) is 0 Å². The Morgan fingerprint density at radius 2 is 1.50 bits per heavy atom. The standard InChI is InChI=1S/C21H20N2O3/c1-13-18(19(14(2)22-13)21(25)26-3)20(24)16-11-7-8-12-17(16)23-15-9-5-4-6-10-15/h4-12,22-23H,1-3H3. The van der Waals surface area contributed by atoms with Crippen LogP contribution in [0, 0.1) is 13.8 Å². The Morgan fingerprint density at radius 1 is 0.885 bits per heavy atom. The van der Waals surface area contributed by atoms with Crippen LogP contribution in [0.3, 0.4) is 0 Å². The second kappa shape index (κ2) is 7.27. The number of aromatic nitrogens is 1. The largest absolute Gasteiger partial charge is 0.465 e. The number of hydrogen-bond donors (Lipinski definition) is 2. The molecule has 5 nitrogen and oxygen atoms in total. The van der Waals surface area contributed by atoms with Gasteiger partial charge in [0.2, 0.25) is 0 Å². The molecule has 5 heteroatoms. The fourth-order valence-corrected chi connectivity index (χ4v) is 3.02. The minimum Gasteiger partial charge on any atom is -0.465 e. The average molecular weight is 348 g/mol. The van der Waals surface area contributed by atoms with Crippen molar-refractivity contribution in [3.8, 4) is 0 Å². The molecule has 1 heterocycles. The quantitative estimate of drug-likeness (QED) is 0.530. The SMILES string of the molecule is COC(=O)c1c(C)[nH]c(C)c1C(=O)c1ccccc1Nc1ccccc1. The first kappa shape index (κ1) is 17.5. The van der Waals surface area contributed by atoms with E-state index in [4.69, 9.17) is 4.74 Å². The zero-order valence-corrected chi connectivity index (χ0v) is 14.9. The molecule has 2 N–H and O–H groups in total. The monoisotopic (exact) mass is 348 g/mol. The van der Waals surface area contributed by atoms with E-state index in [1.54, 1.807) is 26.0 Å². The van der Waals surface area contributed by atoms with Gasteiger partial charge in [-0.3, -0.25) is 4.79 Å². The molecule has 0 aliphatic rings. The van der Waals surface area contributed by atoms with Crippen molar-refractivity contribution >= 4 is 23.1 Å². The number of methoxy groups -OCH3 is 1. The summed E-state index contributed by atoms with van der Waals surface area (Å²) in [6.45, 7) is 3.53. The molecule has 26 heavy (non-hydrogen) atoms. The number of aryl methyl sites for hydroxylation is 2. The summed E-state index contributed by atoms with van der Waals surface area (Å²) < 4.78 is 4.86. The highest BCUT2D eigenvalue weighted by Gasteiger charge is 2.27. The van der Waals surface area contributed by atoms with Gasteiger partial charge < -0.3 is 15.0 Å². The number of para-hydroxylation sites is 2. The molecule has 0 radical (unpaired) electrons. The lowest BCUT2D eigenvalue weighted by molar-refractivity contribution is 0.0597. The summed E-state index contributed by atoms with van der Waals surface area (Å²) >= 11 is 0. The predicted octanol–water partition coefficient (Wildman–Crippen LogP) is 4.39. The summed E-state index contributed by atoms with van der Waals surface area (Å²) in [7, 11) is 1.31. The normalized spacial score (nSPS) is 10.4. The van der Waals surface area contributed by atoms with Crippen molar-refractivity contribution in [3.63, 3.8) is 0 Å². The second-order valence-corrected chi connectivity index (χ2v) is 5.98. The molecular formula is C21H20N2O3. The molecule has 0 unspecified atom stereocenters. The molecule has 0 bridgehead atoms. The Balaban J connectivity index is 2.06. The fraction of sp³-hybridized carbons (Fsp3) is 0.143. The van der Waals surface area contributed by atoms with Crippen LogP contribution in [0.4, 0.5) is 11.4 Å². The molecule has 0 atom stereocenters. The van der Waals surface area contributed by atoms with Gasteiger partial charge in [-0.15, -0.1) is 0 Å². The lowest BCUT2D eigenvalue weighted by Gasteiger charge is -2.12. The van der Waals surface area contributed by atoms with E-state index in [2.05, 4.69) is 10.3 Å². The van der Waals surface area contributed by atoms with Crippen LogP contribution >= 0.6 is 0 Å². The Hall–Kier alpha value is -3.34. The molecule has 0 spiro atoms. The van der Waals surface area contributed by atoms with E-state index in [1.165, 1.54) is 7.11 Å². The number of rotatable bonds is 5. The van der Waals surface area contributed by atoms with E-state index < -0.39 is 5.97 Å². The number of benzene rings is 2. The number of hydrogen-bond acceptors (Lipinski definition) is 4. The van der Waals surface area contributed by atoms with Gasteiger partial charge in [-0.05, 0) is 38.1 Å². The minimum atomic E-state index is -0.524. The van der Waals surface area contributed by atoms with Gasteiger partial charge in [-0.25, -0.2) is 4.79 Å². The summed E-state index contributed by atoms with van der Waals surface area (Å²) in [4.78, 5) is 28.5. The first-order chi connectivity index (χ1) is 12.5. The maximum absolute atomic E-state index is 13.3. The van der Waals surface area contributed by atoms with Gasteiger partial charge in [0.15, 0.2) is 5.78 Å². The van der Waals surface area contributed by atoms with Crippen molar-refractivity contribution in [2.45, 2.75) is 13.8 Å². The lowest BCUT2D eigenvalue weighted by atomic mass is 9.97. The van der Waals surface area contributed by atoms with E-state index in [0.717, 1.165) is 5.69 Å². The molecule has 2 aromatic carbocycles. The fourth-order valence-electron chi connectivity index (χ4n) is 3.02. The third-order valence-corrected chi connectivity index (χ3v) is 4.22. The van der Waals surface area contributed by atoms with Gasteiger partial charge in [0.05, 0.1) is 18.2 Å². The third-order valence-electron chi connectivity index (χ3n) is 4.22. The average Bonchev–Trinajstić information content (AvgIpc) is 2.95. The Morgan fingerprint density at radius 3 is 2.19 bits per heavy atom. The van der Waals surface area contributed by atoms with E-state index in [1.807, 2.05) is 42.5 Å². The van der Waals surface area contributed by atoms with Crippen molar-refractivity contribution in [1.29, 1.82) is 0 Å². The van der Waals surface area contributed by atoms with Crippen molar-refractivity contribution in [2.24, 2.45) is 0 Å². The molecule has 0 aliphatic carbocycles. The van der Waals surface area contributed by atoms with Gasteiger partial charge in [0.1, 0.15) is 0 Å². The van der Waals surface area contributed by atoms with Crippen LogP contribution < -0.4 is 5.32 Å².